The van der Waals surface area contributed by atoms with E-state index in [4.69, 9.17) is 10.5 Å². The Hall–Kier alpha value is -1.89. The Morgan fingerprint density at radius 2 is 2.27 bits per heavy atom. The predicted octanol–water partition coefficient (Wildman–Crippen LogP) is 0.465. The summed E-state index contributed by atoms with van der Waals surface area (Å²) in [5.74, 6) is -0.384. The fourth-order valence-corrected chi connectivity index (χ4v) is 3.27. The van der Waals surface area contributed by atoms with Crippen LogP contribution in [0, 0.1) is 6.92 Å². The molecule has 0 saturated carbocycles. The van der Waals surface area contributed by atoms with Crippen LogP contribution < -0.4 is 5.73 Å². The van der Waals surface area contributed by atoms with Crippen molar-refractivity contribution in [1.82, 2.24) is 14.7 Å². The van der Waals surface area contributed by atoms with Crippen molar-refractivity contribution in [3.05, 3.63) is 18.0 Å². The van der Waals surface area contributed by atoms with Crippen molar-refractivity contribution >= 4 is 11.8 Å². The second-order valence-electron chi connectivity index (χ2n) is 5.90. The largest absolute Gasteiger partial charge is 0.382 e. The smallest absolute Gasteiger partial charge is 0.224 e. The van der Waals surface area contributed by atoms with Gasteiger partial charge in [0.15, 0.2) is 0 Å². The number of primary amides is 1. The second-order valence-corrected chi connectivity index (χ2v) is 5.90. The summed E-state index contributed by atoms with van der Waals surface area (Å²) < 4.78 is 7.07. The number of ether oxygens (including phenoxy) is 1. The zero-order chi connectivity index (χ0) is 16.2. The first kappa shape index (κ1) is 16.5. The standard InChI is InChI=1S/C15H24N4O3/c1-12-4-7-17-19(12)9-5-14(21)18-8-3-6-15(18,11-22-2)10-13(16)20/h4,7H,3,5-6,8-11H2,1-2H3,(H2,16,20)/t15-/m0/s1. The number of amides is 2. The Balaban J connectivity index is 2.05. The molecule has 1 aromatic heterocycles. The van der Waals surface area contributed by atoms with E-state index in [9.17, 15) is 9.59 Å². The zero-order valence-electron chi connectivity index (χ0n) is 13.2. The minimum absolute atomic E-state index is 0.0192. The molecule has 0 spiro atoms. The molecular formula is C15H24N4O3. The van der Waals surface area contributed by atoms with Gasteiger partial charge in [0.2, 0.25) is 11.8 Å². The number of nitrogens with two attached hydrogens (primary N) is 1. The van der Waals surface area contributed by atoms with Crippen LogP contribution in [-0.2, 0) is 20.9 Å². The molecule has 1 aromatic rings. The summed E-state index contributed by atoms with van der Waals surface area (Å²) in [5.41, 5.74) is 5.81. The van der Waals surface area contributed by atoms with Crippen LogP contribution in [0.2, 0.25) is 0 Å². The number of carbonyl (C=O) groups excluding carboxylic acids is 2. The predicted molar refractivity (Wildman–Crippen MR) is 80.9 cm³/mol. The molecule has 2 heterocycles. The van der Waals surface area contributed by atoms with Gasteiger partial charge in [-0.05, 0) is 25.8 Å². The van der Waals surface area contributed by atoms with Crippen LogP contribution in [0.5, 0.6) is 0 Å². The molecule has 0 bridgehead atoms. The van der Waals surface area contributed by atoms with E-state index in [0.717, 1.165) is 18.5 Å². The Kier molecular flexibility index (Phi) is 5.18. The number of hydrogen-bond acceptors (Lipinski definition) is 4. The third kappa shape index (κ3) is 3.47. The van der Waals surface area contributed by atoms with Crippen molar-refractivity contribution in [2.75, 3.05) is 20.3 Å². The average molecular weight is 308 g/mol. The van der Waals surface area contributed by atoms with E-state index in [1.165, 1.54) is 0 Å². The van der Waals surface area contributed by atoms with Gasteiger partial charge in [-0.25, -0.2) is 0 Å². The lowest BCUT2D eigenvalue weighted by molar-refractivity contribution is -0.139. The second kappa shape index (κ2) is 6.91. The fourth-order valence-electron chi connectivity index (χ4n) is 3.27. The lowest BCUT2D eigenvalue weighted by atomic mass is 9.92. The Labute approximate surface area is 130 Å². The van der Waals surface area contributed by atoms with Crippen molar-refractivity contribution < 1.29 is 14.3 Å². The molecule has 0 aromatic carbocycles. The molecule has 2 N–H and O–H groups in total. The molecule has 2 rings (SSSR count). The number of hydrogen-bond donors (Lipinski definition) is 1. The van der Waals surface area contributed by atoms with Crippen molar-refractivity contribution in [2.45, 2.75) is 44.7 Å². The van der Waals surface area contributed by atoms with Gasteiger partial charge in [0, 0.05) is 38.5 Å². The lowest BCUT2D eigenvalue weighted by Gasteiger charge is -2.37. The molecule has 1 saturated heterocycles. The van der Waals surface area contributed by atoms with Gasteiger partial charge in [0.25, 0.3) is 0 Å². The average Bonchev–Trinajstić information content (AvgIpc) is 3.03. The first-order chi connectivity index (χ1) is 10.5. The Bertz CT molecular complexity index is 543. The first-order valence-corrected chi connectivity index (χ1v) is 7.55. The van der Waals surface area contributed by atoms with E-state index in [1.54, 1.807) is 22.9 Å². The monoisotopic (exact) mass is 308 g/mol. The van der Waals surface area contributed by atoms with Crippen LogP contribution in [0.3, 0.4) is 0 Å². The van der Waals surface area contributed by atoms with Crippen LogP contribution in [-0.4, -0.2) is 52.3 Å². The van der Waals surface area contributed by atoms with Gasteiger partial charge in [-0.2, -0.15) is 5.10 Å². The highest BCUT2D eigenvalue weighted by Gasteiger charge is 2.44. The number of carbonyl (C=O) groups is 2. The number of aryl methyl sites for hydroxylation is 2. The molecule has 1 aliphatic rings. The number of likely N-dealkylation sites (tertiary alicyclic amines) is 1. The highest BCUT2D eigenvalue weighted by atomic mass is 16.5. The molecule has 122 valence electrons. The fraction of sp³-hybridized carbons (Fsp3) is 0.667. The van der Waals surface area contributed by atoms with Gasteiger partial charge in [0.05, 0.1) is 18.6 Å². The molecule has 22 heavy (non-hydrogen) atoms. The van der Waals surface area contributed by atoms with Gasteiger partial charge >= 0.3 is 0 Å². The maximum absolute atomic E-state index is 12.6. The molecule has 2 amide bonds. The molecule has 7 heteroatoms. The summed E-state index contributed by atoms with van der Waals surface area (Å²) in [7, 11) is 1.58. The molecule has 0 radical (unpaired) electrons. The summed E-state index contributed by atoms with van der Waals surface area (Å²) in [4.78, 5) is 25.8. The van der Waals surface area contributed by atoms with E-state index in [2.05, 4.69) is 5.10 Å². The van der Waals surface area contributed by atoms with E-state index in [-0.39, 0.29) is 12.3 Å². The third-order valence-electron chi connectivity index (χ3n) is 4.28. The topological polar surface area (TPSA) is 90.5 Å². The van der Waals surface area contributed by atoms with E-state index in [0.29, 0.717) is 26.1 Å². The lowest BCUT2D eigenvalue weighted by Crippen LogP contribution is -2.52. The van der Waals surface area contributed by atoms with Crippen LogP contribution in [0.4, 0.5) is 0 Å². The van der Waals surface area contributed by atoms with Crippen molar-refractivity contribution in [2.24, 2.45) is 5.73 Å². The SMILES string of the molecule is COC[C@@]1(CC(N)=O)CCCN1C(=O)CCn1nccc1C. The summed E-state index contributed by atoms with van der Waals surface area (Å²) in [6.07, 6.45) is 3.83. The Morgan fingerprint density at radius 1 is 1.50 bits per heavy atom. The van der Waals surface area contributed by atoms with Gasteiger partial charge in [-0.1, -0.05) is 0 Å². The number of rotatable bonds is 7. The van der Waals surface area contributed by atoms with E-state index >= 15 is 0 Å². The van der Waals surface area contributed by atoms with Crippen molar-refractivity contribution in [3.8, 4) is 0 Å². The summed E-state index contributed by atoms with van der Waals surface area (Å²) in [6.45, 7) is 3.47. The molecule has 1 atom stereocenters. The van der Waals surface area contributed by atoms with Crippen molar-refractivity contribution in [3.63, 3.8) is 0 Å². The number of methoxy groups -OCH3 is 1. The summed E-state index contributed by atoms with van der Waals surface area (Å²) in [5, 5.41) is 4.18. The maximum Gasteiger partial charge on any atom is 0.224 e. The van der Waals surface area contributed by atoms with Crippen LogP contribution >= 0.6 is 0 Å². The van der Waals surface area contributed by atoms with Gasteiger partial charge in [-0.15, -0.1) is 0 Å². The molecular weight excluding hydrogens is 284 g/mol. The normalized spacial score (nSPS) is 21.3. The highest BCUT2D eigenvalue weighted by molar-refractivity contribution is 5.80. The number of nitrogens with zero attached hydrogens (tertiary/aromatic N) is 3. The Morgan fingerprint density at radius 3 is 2.86 bits per heavy atom. The van der Waals surface area contributed by atoms with Gasteiger partial charge in [0.1, 0.15) is 0 Å². The first-order valence-electron chi connectivity index (χ1n) is 7.55. The van der Waals surface area contributed by atoms with E-state index in [1.807, 2.05) is 13.0 Å². The van der Waals surface area contributed by atoms with Crippen LogP contribution in [0.15, 0.2) is 12.3 Å². The molecule has 1 fully saturated rings. The summed E-state index contributed by atoms with van der Waals surface area (Å²) in [6, 6.07) is 1.91. The molecule has 0 unspecified atom stereocenters. The number of aromatic nitrogens is 2. The van der Waals surface area contributed by atoms with Crippen LogP contribution in [0.25, 0.3) is 0 Å². The zero-order valence-corrected chi connectivity index (χ0v) is 13.2. The third-order valence-corrected chi connectivity index (χ3v) is 4.28. The maximum atomic E-state index is 12.6. The van der Waals surface area contributed by atoms with Gasteiger partial charge < -0.3 is 15.4 Å². The van der Waals surface area contributed by atoms with Crippen LogP contribution in [0.1, 0.15) is 31.4 Å². The molecule has 0 aliphatic carbocycles. The van der Waals surface area contributed by atoms with Gasteiger partial charge in [-0.3, -0.25) is 14.3 Å². The summed E-state index contributed by atoms with van der Waals surface area (Å²) >= 11 is 0. The minimum atomic E-state index is -0.586. The molecule has 7 nitrogen and oxygen atoms in total. The van der Waals surface area contributed by atoms with Crippen molar-refractivity contribution in [1.29, 1.82) is 0 Å². The minimum Gasteiger partial charge on any atom is -0.382 e. The molecule has 1 aliphatic heterocycles. The van der Waals surface area contributed by atoms with E-state index < -0.39 is 11.4 Å². The quantitative estimate of drug-likeness (QED) is 0.792. The highest BCUT2D eigenvalue weighted by Crippen LogP contribution is 2.33.